The van der Waals surface area contributed by atoms with Gasteiger partial charge in [-0.3, -0.25) is 4.90 Å². The van der Waals surface area contributed by atoms with Crippen LogP contribution in [0.5, 0.6) is 0 Å². The van der Waals surface area contributed by atoms with E-state index >= 15 is 0 Å². The van der Waals surface area contributed by atoms with Crippen LogP contribution < -0.4 is 0 Å². The van der Waals surface area contributed by atoms with E-state index in [1.807, 2.05) is 0 Å². The zero-order valence-electron chi connectivity index (χ0n) is 19.7. The number of benzene rings is 2. The largest absolute Gasteiger partial charge is 0.395 e. The van der Waals surface area contributed by atoms with Gasteiger partial charge in [0.05, 0.1) is 12.9 Å². The number of imidazole rings is 1. The summed E-state index contributed by atoms with van der Waals surface area (Å²) in [6, 6.07) is 17.0. The van der Waals surface area contributed by atoms with E-state index in [1.54, 1.807) is 22.1 Å². The molecule has 2 fully saturated rings. The number of hydrogen-bond donors (Lipinski definition) is 1. The van der Waals surface area contributed by atoms with Gasteiger partial charge >= 0.3 is 0 Å². The number of hydrogen-bond acceptors (Lipinski definition) is 5. The van der Waals surface area contributed by atoms with E-state index in [9.17, 15) is 13.5 Å². The highest BCUT2D eigenvalue weighted by Gasteiger charge is 2.50. The summed E-state index contributed by atoms with van der Waals surface area (Å²) in [6.07, 6.45) is 4.78. The summed E-state index contributed by atoms with van der Waals surface area (Å²) in [5.74, 6) is 0.0797. The Balaban J connectivity index is 1.42. The molecule has 34 heavy (non-hydrogen) atoms. The lowest BCUT2D eigenvalue weighted by Gasteiger charge is -2.57. The minimum atomic E-state index is -3.67. The van der Waals surface area contributed by atoms with Gasteiger partial charge in [0.2, 0.25) is 0 Å². The van der Waals surface area contributed by atoms with Crippen molar-refractivity contribution in [3.8, 4) is 11.1 Å². The van der Waals surface area contributed by atoms with Gasteiger partial charge < -0.3 is 9.67 Å². The van der Waals surface area contributed by atoms with Crippen molar-refractivity contribution in [2.24, 2.45) is 7.05 Å². The molecular weight excluding hydrogens is 448 g/mol. The molecule has 2 aliphatic rings. The Labute approximate surface area is 201 Å². The zero-order valence-corrected chi connectivity index (χ0v) is 20.5. The molecule has 8 heteroatoms. The van der Waals surface area contributed by atoms with Crippen molar-refractivity contribution < 1.29 is 13.5 Å². The molecule has 0 unspecified atom stereocenters. The molecule has 2 aromatic carbocycles. The van der Waals surface area contributed by atoms with Crippen LogP contribution in [0.15, 0.2) is 66.1 Å². The topological polar surface area (TPSA) is 78.7 Å². The molecule has 0 radical (unpaired) electrons. The lowest BCUT2D eigenvalue weighted by Crippen LogP contribution is -2.67. The Morgan fingerprint density at radius 2 is 1.82 bits per heavy atom. The standard InChI is InChI=1S/C26H32N4O3S/c1-19-6-5-7-22(14-19)20-8-10-21(11-9-20)26-23-15-29(12-3-4-13-30(23)24(26)17-31)34(32,33)25-16-28(2)18-27-25/h5-11,14,16,18,23-24,26,31H,3-4,12-13,15,17H2,1-2H3/t23-,24-,26-/m1/s1. The number of aliphatic hydroxyl groups excluding tert-OH is 1. The first-order valence-electron chi connectivity index (χ1n) is 11.9. The minimum Gasteiger partial charge on any atom is -0.395 e. The van der Waals surface area contributed by atoms with Gasteiger partial charge in [0.25, 0.3) is 10.0 Å². The average molecular weight is 481 g/mol. The van der Waals surface area contributed by atoms with Crippen molar-refractivity contribution in [2.45, 2.75) is 42.8 Å². The van der Waals surface area contributed by atoms with Crippen molar-refractivity contribution in [1.82, 2.24) is 18.8 Å². The van der Waals surface area contributed by atoms with Gasteiger partial charge in [0.1, 0.15) is 0 Å². The predicted octanol–water partition coefficient (Wildman–Crippen LogP) is 3.01. The third-order valence-electron chi connectivity index (χ3n) is 7.27. The van der Waals surface area contributed by atoms with Crippen LogP contribution in [0.3, 0.4) is 0 Å². The molecule has 1 aromatic heterocycles. The average Bonchev–Trinajstić information content (AvgIpc) is 3.25. The molecule has 3 heterocycles. The van der Waals surface area contributed by atoms with Gasteiger partial charge in [0, 0.05) is 44.3 Å². The first-order valence-corrected chi connectivity index (χ1v) is 13.3. The number of nitrogens with zero attached hydrogens (tertiary/aromatic N) is 4. The predicted molar refractivity (Wildman–Crippen MR) is 132 cm³/mol. The van der Waals surface area contributed by atoms with Crippen molar-refractivity contribution in [2.75, 3.05) is 26.2 Å². The molecular formula is C26H32N4O3S. The molecule has 180 valence electrons. The van der Waals surface area contributed by atoms with Crippen molar-refractivity contribution in [1.29, 1.82) is 0 Å². The second-order valence-corrected chi connectivity index (χ2v) is 11.4. The molecule has 2 saturated heterocycles. The maximum atomic E-state index is 13.3. The number of rotatable bonds is 5. The first-order chi connectivity index (χ1) is 16.4. The lowest BCUT2D eigenvalue weighted by atomic mass is 9.74. The molecule has 0 amide bonds. The monoisotopic (exact) mass is 480 g/mol. The Hall–Kier alpha value is -2.52. The number of fused-ring (bicyclic) bond motifs is 1. The van der Waals surface area contributed by atoms with Crippen molar-refractivity contribution in [3.05, 3.63) is 72.2 Å². The number of aryl methyl sites for hydroxylation is 2. The van der Waals surface area contributed by atoms with Crippen LogP contribution in [0, 0.1) is 6.92 Å². The second-order valence-electron chi connectivity index (χ2n) is 9.52. The summed E-state index contributed by atoms with van der Waals surface area (Å²) in [4.78, 5) is 6.40. The highest BCUT2D eigenvalue weighted by Crippen LogP contribution is 2.43. The molecule has 2 aliphatic heterocycles. The number of sulfonamides is 1. The van der Waals surface area contributed by atoms with Crippen LogP contribution in [0.1, 0.15) is 29.9 Å². The fourth-order valence-electron chi connectivity index (χ4n) is 5.50. The molecule has 0 bridgehead atoms. The highest BCUT2D eigenvalue weighted by molar-refractivity contribution is 7.89. The van der Waals surface area contributed by atoms with E-state index in [4.69, 9.17) is 0 Å². The van der Waals surface area contributed by atoms with Gasteiger partial charge in [-0.2, -0.15) is 4.31 Å². The Morgan fingerprint density at radius 1 is 1.06 bits per heavy atom. The third kappa shape index (κ3) is 4.20. The van der Waals surface area contributed by atoms with Crippen LogP contribution in [-0.2, 0) is 17.1 Å². The van der Waals surface area contributed by atoms with Gasteiger partial charge in [-0.25, -0.2) is 13.4 Å². The van der Waals surface area contributed by atoms with Crippen LogP contribution in [0.4, 0.5) is 0 Å². The van der Waals surface area contributed by atoms with E-state index in [1.165, 1.54) is 17.5 Å². The van der Waals surface area contributed by atoms with Gasteiger partial charge in [-0.05, 0) is 43.0 Å². The van der Waals surface area contributed by atoms with E-state index in [0.29, 0.717) is 13.1 Å². The fourth-order valence-corrected chi connectivity index (χ4v) is 6.97. The summed E-state index contributed by atoms with van der Waals surface area (Å²) < 4.78 is 29.9. The van der Waals surface area contributed by atoms with Crippen LogP contribution >= 0.6 is 0 Å². The Bertz CT molecular complexity index is 1260. The second kappa shape index (κ2) is 9.26. The summed E-state index contributed by atoms with van der Waals surface area (Å²) in [7, 11) is -1.89. The van der Waals surface area contributed by atoms with E-state index < -0.39 is 10.0 Å². The normalized spacial score (nSPS) is 24.1. The van der Waals surface area contributed by atoms with Crippen molar-refractivity contribution >= 4 is 10.0 Å². The minimum absolute atomic E-state index is 0.00678. The van der Waals surface area contributed by atoms with Crippen LogP contribution in [0.2, 0.25) is 0 Å². The zero-order chi connectivity index (χ0) is 23.9. The van der Waals surface area contributed by atoms with E-state index in [2.05, 4.69) is 65.3 Å². The van der Waals surface area contributed by atoms with Crippen LogP contribution in [-0.4, -0.2) is 70.6 Å². The highest BCUT2D eigenvalue weighted by atomic mass is 32.2. The summed E-state index contributed by atoms with van der Waals surface area (Å²) in [5, 5.41) is 10.3. The van der Waals surface area contributed by atoms with Gasteiger partial charge in [-0.15, -0.1) is 0 Å². The summed E-state index contributed by atoms with van der Waals surface area (Å²) in [5.41, 5.74) is 4.70. The Morgan fingerprint density at radius 3 is 2.50 bits per heavy atom. The number of aliphatic hydroxyl groups is 1. The molecule has 5 rings (SSSR count). The van der Waals surface area contributed by atoms with Gasteiger partial charge in [-0.1, -0.05) is 54.1 Å². The molecule has 7 nitrogen and oxygen atoms in total. The molecule has 3 aromatic rings. The quantitative estimate of drug-likeness (QED) is 0.607. The smallest absolute Gasteiger partial charge is 0.262 e. The maximum Gasteiger partial charge on any atom is 0.262 e. The molecule has 3 atom stereocenters. The van der Waals surface area contributed by atoms with Crippen LogP contribution in [0.25, 0.3) is 11.1 Å². The molecule has 0 spiro atoms. The van der Waals surface area contributed by atoms with E-state index in [-0.39, 0.29) is 29.6 Å². The molecule has 1 N–H and O–H groups in total. The van der Waals surface area contributed by atoms with Crippen molar-refractivity contribution in [3.63, 3.8) is 0 Å². The van der Waals surface area contributed by atoms with Gasteiger partial charge in [0.15, 0.2) is 5.03 Å². The third-order valence-corrected chi connectivity index (χ3v) is 9.02. The first kappa shape index (κ1) is 23.2. The molecule has 0 aliphatic carbocycles. The summed E-state index contributed by atoms with van der Waals surface area (Å²) >= 11 is 0. The maximum absolute atomic E-state index is 13.3. The fraction of sp³-hybridized carbons (Fsp3) is 0.423. The molecule has 0 saturated carbocycles. The van der Waals surface area contributed by atoms with E-state index in [0.717, 1.165) is 30.5 Å². The summed E-state index contributed by atoms with van der Waals surface area (Å²) in [6.45, 7) is 3.93. The number of aromatic nitrogens is 2. The lowest BCUT2D eigenvalue weighted by molar-refractivity contribution is -0.0554. The SMILES string of the molecule is Cc1cccc(-c2ccc([C@H]3[C@@H](CO)N4CCCCN(S(=O)(=O)c5cn(C)cn5)C[C@H]34)cc2)c1. The Kier molecular flexibility index (Phi) is 6.33.